The van der Waals surface area contributed by atoms with Crippen LogP contribution in [-0.4, -0.2) is 25.5 Å². The molecule has 0 aliphatic rings. The van der Waals surface area contributed by atoms with Crippen LogP contribution in [0.4, 0.5) is 11.4 Å². The van der Waals surface area contributed by atoms with Gasteiger partial charge in [0.05, 0.1) is 12.7 Å². The van der Waals surface area contributed by atoms with Crippen LogP contribution in [-0.2, 0) is 9.53 Å². The number of nitrogens with one attached hydrogen (secondary N) is 2. The predicted octanol–water partition coefficient (Wildman–Crippen LogP) is 3.53. The molecule has 0 spiro atoms. The lowest BCUT2D eigenvalue weighted by atomic mass is 10.1. The van der Waals surface area contributed by atoms with E-state index < -0.39 is 5.97 Å². The highest BCUT2D eigenvalue weighted by Crippen LogP contribution is 2.18. The zero-order valence-electron chi connectivity index (χ0n) is 14.2. The van der Waals surface area contributed by atoms with Crippen LogP contribution in [0.3, 0.4) is 0 Å². The van der Waals surface area contributed by atoms with Gasteiger partial charge in [-0.3, -0.25) is 4.79 Å². The normalized spacial score (nSPS) is 10.1. The summed E-state index contributed by atoms with van der Waals surface area (Å²) in [5.74, 6) is -0.482. The first kappa shape index (κ1) is 17.5. The van der Waals surface area contributed by atoms with E-state index in [1.807, 2.05) is 38.1 Å². The van der Waals surface area contributed by atoms with Crippen LogP contribution in [0.25, 0.3) is 0 Å². The Labute approximate surface area is 142 Å². The summed E-state index contributed by atoms with van der Waals surface area (Å²) in [4.78, 5) is 23.8. The van der Waals surface area contributed by atoms with Crippen LogP contribution in [0.2, 0.25) is 0 Å². The van der Waals surface area contributed by atoms with Crippen molar-refractivity contribution in [2.45, 2.75) is 20.3 Å². The highest BCUT2D eigenvalue weighted by atomic mass is 16.5. The van der Waals surface area contributed by atoms with Crippen LogP contribution in [0, 0.1) is 13.8 Å². The standard InChI is InChI=1S/C19H22N2O3/c1-13-7-6-10-16(14(13)2)21-18(22)11-12-20-17-9-5-4-8-15(17)19(23)24-3/h4-10,20H,11-12H2,1-3H3,(H,21,22). The van der Waals surface area contributed by atoms with Gasteiger partial charge in [-0.05, 0) is 43.2 Å². The van der Waals surface area contributed by atoms with Gasteiger partial charge in [0.2, 0.25) is 5.91 Å². The molecule has 0 fully saturated rings. The van der Waals surface area contributed by atoms with Crippen molar-refractivity contribution in [2.24, 2.45) is 0 Å². The van der Waals surface area contributed by atoms with E-state index in [1.54, 1.807) is 18.2 Å². The average molecular weight is 326 g/mol. The Kier molecular flexibility index (Phi) is 5.95. The molecule has 0 aliphatic heterocycles. The molecule has 126 valence electrons. The Morgan fingerprint density at radius 1 is 1.00 bits per heavy atom. The van der Waals surface area contributed by atoms with Crippen LogP contribution < -0.4 is 10.6 Å². The molecule has 5 heteroatoms. The van der Waals surface area contributed by atoms with Gasteiger partial charge in [0.25, 0.3) is 0 Å². The van der Waals surface area contributed by atoms with E-state index in [4.69, 9.17) is 4.74 Å². The molecule has 0 heterocycles. The Bertz CT molecular complexity index is 741. The predicted molar refractivity (Wildman–Crippen MR) is 95.4 cm³/mol. The zero-order chi connectivity index (χ0) is 17.5. The highest BCUT2D eigenvalue weighted by Gasteiger charge is 2.11. The molecule has 0 saturated carbocycles. The van der Waals surface area contributed by atoms with Gasteiger partial charge in [-0.2, -0.15) is 0 Å². The number of para-hydroxylation sites is 1. The van der Waals surface area contributed by atoms with Crippen molar-refractivity contribution in [3.05, 3.63) is 59.2 Å². The fraction of sp³-hybridized carbons (Fsp3) is 0.263. The second kappa shape index (κ2) is 8.15. The largest absolute Gasteiger partial charge is 0.465 e. The summed E-state index contributed by atoms with van der Waals surface area (Å²) >= 11 is 0. The van der Waals surface area contributed by atoms with E-state index in [0.717, 1.165) is 16.8 Å². The molecule has 0 radical (unpaired) electrons. The number of methoxy groups -OCH3 is 1. The summed E-state index contributed by atoms with van der Waals surface area (Å²) in [5.41, 5.74) is 4.14. The van der Waals surface area contributed by atoms with Gasteiger partial charge in [0, 0.05) is 24.3 Å². The molecule has 1 amide bonds. The minimum Gasteiger partial charge on any atom is -0.465 e. The SMILES string of the molecule is COC(=O)c1ccccc1NCCC(=O)Nc1cccc(C)c1C. The quantitative estimate of drug-likeness (QED) is 0.797. The van der Waals surface area contributed by atoms with E-state index in [0.29, 0.717) is 24.2 Å². The number of hydrogen-bond donors (Lipinski definition) is 2. The monoisotopic (exact) mass is 326 g/mol. The first-order chi connectivity index (χ1) is 11.5. The van der Waals surface area contributed by atoms with E-state index in [9.17, 15) is 9.59 Å². The molecule has 0 aromatic heterocycles. The number of amides is 1. The number of benzene rings is 2. The summed E-state index contributed by atoms with van der Waals surface area (Å²) in [6.45, 7) is 4.41. The maximum absolute atomic E-state index is 12.1. The molecular formula is C19H22N2O3. The van der Waals surface area contributed by atoms with Gasteiger partial charge in [-0.15, -0.1) is 0 Å². The van der Waals surface area contributed by atoms with E-state index in [2.05, 4.69) is 10.6 Å². The molecule has 0 bridgehead atoms. The minimum absolute atomic E-state index is 0.0771. The number of carbonyl (C=O) groups excluding carboxylic acids is 2. The lowest BCUT2D eigenvalue weighted by Crippen LogP contribution is -2.18. The molecule has 5 nitrogen and oxygen atoms in total. The minimum atomic E-state index is -0.405. The van der Waals surface area contributed by atoms with Gasteiger partial charge in [0.15, 0.2) is 0 Å². The van der Waals surface area contributed by atoms with Gasteiger partial charge in [0.1, 0.15) is 0 Å². The van der Waals surface area contributed by atoms with Crippen LogP contribution >= 0.6 is 0 Å². The number of ether oxygens (including phenoxy) is 1. The van der Waals surface area contributed by atoms with Crippen molar-refractivity contribution < 1.29 is 14.3 Å². The van der Waals surface area contributed by atoms with Crippen molar-refractivity contribution in [3.63, 3.8) is 0 Å². The molecule has 2 rings (SSSR count). The molecular weight excluding hydrogens is 304 g/mol. The highest BCUT2D eigenvalue weighted by molar-refractivity contribution is 5.96. The van der Waals surface area contributed by atoms with Gasteiger partial charge in [-0.1, -0.05) is 24.3 Å². The first-order valence-electron chi connectivity index (χ1n) is 7.80. The first-order valence-corrected chi connectivity index (χ1v) is 7.80. The molecule has 2 aromatic rings. The number of rotatable bonds is 6. The molecule has 24 heavy (non-hydrogen) atoms. The Balaban J connectivity index is 1.92. The average Bonchev–Trinajstić information content (AvgIpc) is 2.59. The number of esters is 1. The molecule has 0 saturated heterocycles. The van der Waals surface area contributed by atoms with Crippen molar-refractivity contribution >= 4 is 23.3 Å². The molecule has 0 unspecified atom stereocenters. The number of anilines is 2. The summed E-state index contributed by atoms with van der Waals surface area (Å²) in [7, 11) is 1.34. The lowest BCUT2D eigenvalue weighted by Gasteiger charge is -2.12. The van der Waals surface area contributed by atoms with Gasteiger partial charge in [-0.25, -0.2) is 4.79 Å². The second-order valence-electron chi connectivity index (χ2n) is 5.51. The topological polar surface area (TPSA) is 67.4 Å². The van der Waals surface area contributed by atoms with E-state index >= 15 is 0 Å². The maximum Gasteiger partial charge on any atom is 0.339 e. The Morgan fingerprint density at radius 3 is 2.46 bits per heavy atom. The third-order valence-corrected chi connectivity index (χ3v) is 3.88. The van der Waals surface area contributed by atoms with Gasteiger partial charge >= 0.3 is 5.97 Å². The summed E-state index contributed by atoms with van der Waals surface area (Å²) in [6.07, 6.45) is 0.295. The van der Waals surface area contributed by atoms with Crippen molar-refractivity contribution in [2.75, 3.05) is 24.3 Å². The summed E-state index contributed by atoms with van der Waals surface area (Å²) in [6, 6.07) is 12.9. The second-order valence-corrected chi connectivity index (χ2v) is 5.51. The molecule has 2 aromatic carbocycles. The number of hydrogen-bond acceptors (Lipinski definition) is 4. The van der Waals surface area contributed by atoms with Gasteiger partial charge < -0.3 is 15.4 Å². The zero-order valence-corrected chi connectivity index (χ0v) is 14.2. The van der Waals surface area contributed by atoms with E-state index in [1.165, 1.54) is 7.11 Å². The van der Waals surface area contributed by atoms with Crippen molar-refractivity contribution in [1.29, 1.82) is 0 Å². The van der Waals surface area contributed by atoms with Crippen molar-refractivity contribution in [3.8, 4) is 0 Å². The number of aryl methyl sites for hydroxylation is 1. The number of carbonyl (C=O) groups is 2. The lowest BCUT2D eigenvalue weighted by molar-refractivity contribution is -0.115. The molecule has 2 N–H and O–H groups in total. The summed E-state index contributed by atoms with van der Waals surface area (Å²) < 4.78 is 4.75. The third kappa shape index (κ3) is 4.35. The van der Waals surface area contributed by atoms with Crippen LogP contribution in [0.15, 0.2) is 42.5 Å². The third-order valence-electron chi connectivity index (χ3n) is 3.88. The fourth-order valence-corrected chi connectivity index (χ4v) is 2.34. The smallest absolute Gasteiger partial charge is 0.339 e. The Morgan fingerprint density at radius 2 is 1.71 bits per heavy atom. The Hall–Kier alpha value is -2.82. The molecule has 0 aliphatic carbocycles. The van der Waals surface area contributed by atoms with Crippen LogP contribution in [0.1, 0.15) is 27.9 Å². The van der Waals surface area contributed by atoms with Crippen molar-refractivity contribution in [1.82, 2.24) is 0 Å². The van der Waals surface area contributed by atoms with E-state index in [-0.39, 0.29) is 5.91 Å². The fourth-order valence-electron chi connectivity index (χ4n) is 2.34. The maximum atomic E-state index is 12.1. The van der Waals surface area contributed by atoms with Crippen LogP contribution in [0.5, 0.6) is 0 Å². The molecule has 0 atom stereocenters. The summed E-state index contributed by atoms with van der Waals surface area (Å²) in [5, 5.41) is 6.02.